The van der Waals surface area contributed by atoms with Crippen molar-refractivity contribution in [1.82, 2.24) is 4.90 Å². The van der Waals surface area contributed by atoms with Gasteiger partial charge in [-0.1, -0.05) is 47.5 Å². The van der Waals surface area contributed by atoms with Gasteiger partial charge in [-0.05, 0) is 92.4 Å². The smallest absolute Gasteiger partial charge is 0.414 e. The molecule has 0 radical (unpaired) electrons. The maximum Gasteiger partial charge on any atom is 0.414 e. The molecule has 2 bridgehead atoms. The standard InChI is InChI=1S/C38H36Cl2F3N3O7/c1-2-50-34-16-25(9-10-32(34)52-37(42)43)33(18-29-30(39)20-45(49)21-31(29)40)51-36(47)26-6-3-5-23(15-26)19-46(28-8-4-7-27(41)17-28)38(48)53-35-22-44-13-11-24(35)12-14-44/h3-10,15-17,20-21,24,33,35,37H,2,11-14,18-19,22H2,1H3/t33?,35-/m0/s1. The zero-order valence-electron chi connectivity index (χ0n) is 28.6. The third-order valence-electron chi connectivity index (χ3n) is 9.24. The van der Waals surface area contributed by atoms with E-state index in [0.29, 0.717) is 28.0 Å². The molecule has 3 aliphatic heterocycles. The normalized spacial score (nSPS) is 18.4. The average Bonchev–Trinajstić information content (AvgIpc) is 3.12. The van der Waals surface area contributed by atoms with Gasteiger partial charge in [0.2, 0.25) is 0 Å². The number of benzene rings is 3. The van der Waals surface area contributed by atoms with Crippen LogP contribution in [-0.4, -0.2) is 55.9 Å². The molecule has 4 heterocycles. The third kappa shape index (κ3) is 9.45. The molecule has 2 atom stereocenters. The van der Waals surface area contributed by atoms with E-state index in [0.717, 1.165) is 38.3 Å². The van der Waals surface area contributed by atoms with Crippen LogP contribution in [0.25, 0.3) is 0 Å². The van der Waals surface area contributed by atoms with Crippen molar-refractivity contribution in [2.75, 3.05) is 31.1 Å². The van der Waals surface area contributed by atoms with Gasteiger partial charge in [0, 0.05) is 18.5 Å². The number of nitrogens with zero attached hydrogens (tertiary/aromatic N) is 3. The minimum absolute atomic E-state index is 0.0146. The second-order valence-corrected chi connectivity index (χ2v) is 13.5. The molecule has 1 amide bonds. The summed E-state index contributed by atoms with van der Waals surface area (Å²) in [5.74, 6) is -1.29. The number of pyridine rings is 1. The molecule has 0 N–H and O–H groups in total. The zero-order valence-corrected chi connectivity index (χ0v) is 30.1. The van der Waals surface area contributed by atoms with Crippen LogP contribution in [0.3, 0.4) is 0 Å². The fourth-order valence-corrected chi connectivity index (χ4v) is 7.24. The Morgan fingerprint density at radius 1 is 1.00 bits per heavy atom. The van der Waals surface area contributed by atoms with Gasteiger partial charge in [-0.25, -0.2) is 14.0 Å². The van der Waals surface area contributed by atoms with Gasteiger partial charge < -0.3 is 24.2 Å². The van der Waals surface area contributed by atoms with Crippen LogP contribution in [0, 0.1) is 16.9 Å². The molecule has 10 nitrogen and oxygen atoms in total. The predicted molar refractivity (Wildman–Crippen MR) is 190 cm³/mol. The number of amides is 1. The van der Waals surface area contributed by atoms with Crippen LogP contribution in [0.4, 0.5) is 23.7 Å². The van der Waals surface area contributed by atoms with Gasteiger partial charge in [-0.3, -0.25) is 9.80 Å². The summed E-state index contributed by atoms with van der Waals surface area (Å²) in [7, 11) is 0. The number of carbonyl (C=O) groups excluding carboxylic acids is 2. The highest BCUT2D eigenvalue weighted by Crippen LogP contribution is 2.37. The van der Waals surface area contributed by atoms with Crippen molar-refractivity contribution in [1.29, 1.82) is 0 Å². The fourth-order valence-electron chi connectivity index (χ4n) is 6.64. The second kappa shape index (κ2) is 17.0. The van der Waals surface area contributed by atoms with Crippen LogP contribution in [0.1, 0.15) is 52.9 Å². The van der Waals surface area contributed by atoms with Crippen LogP contribution in [0.15, 0.2) is 79.1 Å². The van der Waals surface area contributed by atoms with E-state index >= 15 is 0 Å². The van der Waals surface area contributed by atoms with E-state index in [2.05, 4.69) is 9.64 Å². The fraction of sp³-hybridized carbons (Fsp3) is 0.342. The molecule has 15 heteroatoms. The van der Waals surface area contributed by atoms with Crippen molar-refractivity contribution in [2.45, 2.75) is 51.6 Å². The Morgan fingerprint density at radius 3 is 2.40 bits per heavy atom. The second-order valence-electron chi connectivity index (χ2n) is 12.7. The summed E-state index contributed by atoms with van der Waals surface area (Å²) in [4.78, 5) is 31.1. The first-order chi connectivity index (χ1) is 25.5. The Hall–Kier alpha value is -4.72. The zero-order chi connectivity index (χ0) is 37.6. The Bertz CT molecular complexity index is 1920. The third-order valence-corrected chi connectivity index (χ3v) is 9.90. The number of piperidine rings is 3. The van der Waals surface area contributed by atoms with Crippen LogP contribution >= 0.6 is 23.2 Å². The predicted octanol–water partition coefficient (Wildman–Crippen LogP) is 8.14. The van der Waals surface area contributed by atoms with Gasteiger partial charge in [-0.15, -0.1) is 0 Å². The molecule has 53 heavy (non-hydrogen) atoms. The van der Waals surface area contributed by atoms with Crippen LogP contribution in [0.5, 0.6) is 11.5 Å². The van der Waals surface area contributed by atoms with E-state index < -0.39 is 30.6 Å². The molecule has 3 saturated heterocycles. The Labute approximate surface area is 314 Å². The lowest BCUT2D eigenvalue weighted by Gasteiger charge is -2.44. The molecule has 3 fully saturated rings. The van der Waals surface area contributed by atoms with E-state index in [1.54, 1.807) is 31.2 Å². The maximum atomic E-state index is 14.4. The number of rotatable bonds is 13. The lowest BCUT2D eigenvalue weighted by atomic mass is 9.86. The molecule has 4 aromatic rings. The van der Waals surface area contributed by atoms with Crippen molar-refractivity contribution in [3.63, 3.8) is 0 Å². The number of fused-ring (bicyclic) bond motifs is 3. The van der Waals surface area contributed by atoms with E-state index in [4.69, 9.17) is 37.4 Å². The summed E-state index contributed by atoms with van der Waals surface area (Å²) in [5, 5.41) is 12.0. The average molecular weight is 775 g/mol. The minimum Gasteiger partial charge on any atom is -0.619 e. The van der Waals surface area contributed by atoms with E-state index in [9.17, 15) is 28.0 Å². The number of carbonyl (C=O) groups is 2. The first-order valence-electron chi connectivity index (χ1n) is 17.0. The molecule has 1 unspecified atom stereocenters. The van der Waals surface area contributed by atoms with Crippen LogP contribution < -0.4 is 19.1 Å². The lowest BCUT2D eigenvalue weighted by molar-refractivity contribution is -0.605. The Balaban J connectivity index is 1.27. The monoisotopic (exact) mass is 773 g/mol. The number of hydrogen-bond donors (Lipinski definition) is 0. The summed E-state index contributed by atoms with van der Waals surface area (Å²) in [6.07, 6.45) is 1.93. The molecule has 0 spiro atoms. The number of ether oxygens (including phenoxy) is 4. The maximum absolute atomic E-state index is 14.4. The van der Waals surface area contributed by atoms with Gasteiger partial charge in [0.1, 0.15) is 28.1 Å². The summed E-state index contributed by atoms with van der Waals surface area (Å²) in [6.45, 7) is 1.20. The summed E-state index contributed by atoms with van der Waals surface area (Å²) in [6, 6.07) is 16.1. The number of esters is 1. The first kappa shape index (κ1) is 38.0. The molecule has 1 aromatic heterocycles. The molecule has 280 valence electrons. The summed E-state index contributed by atoms with van der Waals surface area (Å²) >= 11 is 12.8. The summed E-state index contributed by atoms with van der Waals surface area (Å²) < 4.78 is 63.2. The molecule has 0 saturated carbocycles. The lowest BCUT2D eigenvalue weighted by Crippen LogP contribution is -2.53. The topological polar surface area (TPSA) is 104 Å². The highest BCUT2D eigenvalue weighted by atomic mass is 35.5. The number of anilines is 1. The van der Waals surface area contributed by atoms with Gasteiger partial charge in [-0.2, -0.15) is 13.5 Å². The van der Waals surface area contributed by atoms with Gasteiger partial charge in [0.25, 0.3) is 0 Å². The highest BCUT2D eigenvalue weighted by molar-refractivity contribution is 6.35. The van der Waals surface area contributed by atoms with E-state index in [1.165, 1.54) is 47.4 Å². The largest absolute Gasteiger partial charge is 0.619 e. The van der Waals surface area contributed by atoms with Gasteiger partial charge >= 0.3 is 18.7 Å². The van der Waals surface area contributed by atoms with Crippen molar-refractivity contribution >= 4 is 41.0 Å². The molecule has 0 aliphatic carbocycles. The van der Waals surface area contributed by atoms with Crippen molar-refractivity contribution in [3.05, 3.63) is 122 Å². The Kier molecular flexibility index (Phi) is 12.2. The van der Waals surface area contributed by atoms with Crippen molar-refractivity contribution < 1.29 is 46.4 Å². The highest BCUT2D eigenvalue weighted by Gasteiger charge is 2.37. The molecule has 3 aromatic carbocycles. The van der Waals surface area contributed by atoms with Gasteiger partial charge in [0.15, 0.2) is 23.9 Å². The minimum atomic E-state index is -3.11. The SMILES string of the molecule is CCOc1cc(C(Cc2c(Cl)c[n+]([O-])cc2Cl)OC(=O)c2cccc(CN(C(=O)O[C@H]3CN4CCC3CC4)c3cccc(F)c3)c2)ccc1OC(F)F. The van der Waals surface area contributed by atoms with E-state index in [-0.39, 0.29) is 64.4 Å². The summed E-state index contributed by atoms with van der Waals surface area (Å²) in [5.41, 5.74) is 1.54. The van der Waals surface area contributed by atoms with Crippen molar-refractivity contribution in [2.24, 2.45) is 5.92 Å². The number of halogens is 5. The number of alkyl halides is 2. The van der Waals surface area contributed by atoms with Crippen LogP contribution in [-0.2, 0) is 22.4 Å². The molecule has 3 aliphatic rings. The molecule has 7 rings (SSSR count). The first-order valence-corrected chi connectivity index (χ1v) is 17.8. The Morgan fingerprint density at radius 2 is 1.74 bits per heavy atom. The number of hydrogen-bond acceptors (Lipinski definition) is 8. The molecular formula is C38H36Cl2F3N3O7. The quantitative estimate of drug-likeness (QED) is 0.0762. The van der Waals surface area contributed by atoms with Crippen LogP contribution in [0.2, 0.25) is 10.0 Å². The molecular weight excluding hydrogens is 738 g/mol. The van der Waals surface area contributed by atoms with Gasteiger partial charge in [0.05, 0.1) is 24.4 Å². The van der Waals surface area contributed by atoms with Crippen molar-refractivity contribution in [3.8, 4) is 11.5 Å². The van der Waals surface area contributed by atoms with E-state index in [1.807, 2.05) is 0 Å². The number of aromatic nitrogens is 1.